The number of aromatic amines is 1. The molecule has 18 heavy (non-hydrogen) atoms. The Kier molecular flexibility index (Phi) is 4.09. The van der Waals surface area contributed by atoms with Crippen molar-refractivity contribution in [2.24, 2.45) is 11.7 Å². The van der Waals surface area contributed by atoms with Crippen LogP contribution in [-0.2, 0) is 16.6 Å². The normalized spacial score (nSPS) is 17.9. The third-order valence-corrected chi connectivity index (χ3v) is 4.88. The summed E-state index contributed by atoms with van der Waals surface area (Å²) in [6.45, 7) is 2.33. The van der Waals surface area contributed by atoms with E-state index in [1.165, 1.54) is 19.0 Å². The van der Waals surface area contributed by atoms with Crippen LogP contribution in [0, 0.1) is 5.92 Å². The number of nitrogens with two attached hydrogens (primary N) is 1. The summed E-state index contributed by atoms with van der Waals surface area (Å²) >= 11 is 0. The highest BCUT2D eigenvalue weighted by molar-refractivity contribution is 7.89. The van der Waals surface area contributed by atoms with Crippen molar-refractivity contribution in [1.82, 2.24) is 9.71 Å². The van der Waals surface area contributed by atoms with Gasteiger partial charge in [-0.25, -0.2) is 13.1 Å². The molecule has 1 aliphatic rings. The number of aromatic nitrogens is 1. The SMILES string of the molecule is CCC(CC1CC1)NS(=O)(=O)c1c[nH]c(CN)c1. The zero-order valence-corrected chi connectivity index (χ0v) is 11.5. The quantitative estimate of drug-likeness (QED) is 0.699. The van der Waals surface area contributed by atoms with Crippen molar-refractivity contribution in [3.63, 3.8) is 0 Å². The maximum atomic E-state index is 12.2. The minimum atomic E-state index is -3.42. The van der Waals surface area contributed by atoms with Crippen molar-refractivity contribution in [2.45, 2.75) is 50.1 Å². The lowest BCUT2D eigenvalue weighted by atomic mass is 10.1. The molecule has 1 atom stereocenters. The van der Waals surface area contributed by atoms with E-state index in [0.29, 0.717) is 12.5 Å². The molecule has 1 heterocycles. The topological polar surface area (TPSA) is 88.0 Å². The molecule has 0 saturated heterocycles. The summed E-state index contributed by atoms with van der Waals surface area (Å²) in [6, 6.07) is 1.63. The van der Waals surface area contributed by atoms with Gasteiger partial charge in [-0.3, -0.25) is 0 Å². The van der Waals surface area contributed by atoms with Gasteiger partial charge in [0.25, 0.3) is 0 Å². The zero-order chi connectivity index (χ0) is 13.2. The number of rotatable bonds is 7. The molecule has 102 valence electrons. The van der Waals surface area contributed by atoms with Crippen molar-refractivity contribution in [1.29, 1.82) is 0 Å². The van der Waals surface area contributed by atoms with E-state index in [1.807, 2.05) is 6.92 Å². The van der Waals surface area contributed by atoms with Crippen molar-refractivity contribution in [2.75, 3.05) is 0 Å². The molecule has 0 radical (unpaired) electrons. The zero-order valence-electron chi connectivity index (χ0n) is 10.6. The second-order valence-electron chi connectivity index (χ2n) is 4.97. The van der Waals surface area contributed by atoms with E-state index in [9.17, 15) is 8.42 Å². The van der Waals surface area contributed by atoms with Crippen LogP contribution in [0.2, 0.25) is 0 Å². The molecule has 1 fully saturated rings. The van der Waals surface area contributed by atoms with Gasteiger partial charge in [-0.05, 0) is 24.8 Å². The van der Waals surface area contributed by atoms with Crippen molar-refractivity contribution >= 4 is 10.0 Å². The van der Waals surface area contributed by atoms with Gasteiger partial charge in [0.15, 0.2) is 0 Å². The lowest BCUT2D eigenvalue weighted by Crippen LogP contribution is -2.34. The van der Waals surface area contributed by atoms with Gasteiger partial charge in [-0.2, -0.15) is 0 Å². The summed E-state index contributed by atoms with van der Waals surface area (Å²) in [5.41, 5.74) is 6.19. The maximum absolute atomic E-state index is 12.2. The van der Waals surface area contributed by atoms with Crippen LogP contribution in [0.5, 0.6) is 0 Å². The summed E-state index contributed by atoms with van der Waals surface area (Å²) in [4.78, 5) is 3.14. The molecule has 0 aromatic carbocycles. The average molecular weight is 271 g/mol. The molecule has 1 aromatic rings. The van der Waals surface area contributed by atoms with Gasteiger partial charge in [0.05, 0.1) is 4.90 Å². The third-order valence-electron chi connectivity index (χ3n) is 3.38. The van der Waals surface area contributed by atoms with Crippen LogP contribution >= 0.6 is 0 Å². The van der Waals surface area contributed by atoms with E-state index in [1.54, 1.807) is 6.07 Å². The molecule has 0 bridgehead atoms. The van der Waals surface area contributed by atoms with Gasteiger partial charge in [-0.1, -0.05) is 19.8 Å². The van der Waals surface area contributed by atoms with Crippen LogP contribution < -0.4 is 10.5 Å². The first-order valence-corrected chi connectivity index (χ1v) is 7.93. The Balaban J connectivity index is 2.04. The highest BCUT2D eigenvalue weighted by atomic mass is 32.2. The van der Waals surface area contributed by atoms with Crippen molar-refractivity contribution in [3.05, 3.63) is 18.0 Å². The number of nitrogens with one attached hydrogen (secondary N) is 2. The van der Waals surface area contributed by atoms with Gasteiger partial charge in [-0.15, -0.1) is 0 Å². The maximum Gasteiger partial charge on any atom is 0.242 e. The van der Waals surface area contributed by atoms with E-state index in [0.717, 1.165) is 18.5 Å². The average Bonchev–Trinajstić information content (AvgIpc) is 3.01. The Morgan fingerprint density at radius 3 is 2.78 bits per heavy atom. The molecule has 1 unspecified atom stereocenters. The van der Waals surface area contributed by atoms with Gasteiger partial charge in [0.2, 0.25) is 10.0 Å². The highest BCUT2D eigenvalue weighted by Gasteiger charge is 2.27. The van der Waals surface area contributed by atoms with Crippen LogP contribution in [0.25, 0.3) is 0 Å². The minimum Gasteiger partial charge on any atom is -0.363 e. The summed E-state index contributed by atoms with van der Waals surface area (Å²) in [6.07, 6.45) is 5.74. The molecule has 1 aromatic heterocycles. The van der Waals surface area contributed by atoms with Gasteiger partial charge >= 0.3 is 0 Å². The smallest absolute Gasteiger partial charge is 0.242 e. The predicted molar refractivity (Wildman–Crippen MR) is 70.4 cm³/mol. The fourth-order valence-electron chi connectivity index (χ4n) is 2.03. The van der Waals surface area contributed by atoms with Gasteiger partial charge in [0.1, 0.15) is 0 Å². The number of H-pyrrole nitrogens is 1. The number of hydrogen-bond acceptors (Lipinski definition) is 3. The molecule has 1 aliphatic carbocycles. The van der Waals surface area contributed by atoms with E-state index >= 15 is 0 Å². The standard InChI is InChI=1S/C12H21N3O2S/c1-2-10(5-9-3-4-9)15-18(16,17)12-6-11(7-13)14-8-12/h6,8-10,14-15H,2-5,7,13H2,1H3. The molecule has 5 nitrogen and oxygen atoms in total. The molecule has 6 heteroatoms. The Bertz CT molecular complexity index is 491. The van der Waals surface area contributed by atoms with Crippen LogP contribution in [0.3, 0.4) is 0 Å². The van der Waals surface area contributed by atoms with Crippen LogP contribution in [0.4, 0.5) is 0 Å². The number of sulfonamides is 1. The van der Waals surface area contributed by atoms with Crippen molar-refractivity contribution in [3.8, 4) is 0 Å². The minimum absolute atomic E-state index is 0.0405. The summed E-state index contributed by atoms with van der Waals surface area (Å²) in [5.74, 6) is 0.712. The Labute approximate surface area is 108 Å². The second-order valence-corrected chi connectivity index (χ2v) is 6.68. The van der Waals surface area contributed by atoms with Crippen LogP contribution in [0.15, 0.2) is 17.2 Å². The van der Waals surface area contributed by atoms with Gasteiger partial charge in [0, 0.05) is 24.5 Å². The van der Waals surface area contributed by atoms with E-state index in [4.69, 9.17) is 5.73 Å². The molecule has 4 N–H and O–H groups in total. The third kappa shape index (κ3) is 3.34. The fraction of sp³-hybridized carbons (Fsp3) is 0.667. The molecule has 1 saturated carbocycles. The fourth-order valence-corrected chi connectivity index (χ4v) is 3.38. The van der Waals surface area contributed by atoms with E-state index in [-0.39, 0.29) is 10.9 Å². The van der Waals surface area contributed by atoms with Crippen molar-refractivity contribution < 1.29 is 8.42 Å². The molecular weight excluding hydrogens is 250 g/mol. The highest BCUT2D eigenvalue weighted by Crippen LogP contribution is 2.34. The first-order chi connectivity index (χ1) is 8.55. The lowest BCUT2D eigenvalue weighted by Gasteiger charge is -2.16. The molecule has 0 amide bonds. The number of hydrogen-bond donors (Lipinski definition) is 3. The Hall–Kier alpha value is -0.850. The Morgan fingerprint density at radius 2 is 2.28 bits per heavy atom. The monoisotopic (exact) mass is 271 g/mol. The van der Waals surface area contributed by atoms with E-state index in [2.05, 4.69) is 9.71 Å². The second kappa shape index (κ2) is 5.42. The molecule has 2 rings (SSSR count). The summed E-state index contributed by atoms with van der Waals surface area (Å²) < 4.78 is 27.1. The summed E-state index contributed by atoms with van der Waals surface area (Å²) in [5, 5.41) is 0. The van der Waals surface area contributed by atoms with Crippen LogP contribution in [0.1, 0.15) is 38.3 Å². The van der Waals surface area contributed by atoms with Crippen LogP contribution in [-0.4, -0.2) is 19.4 Å². The first kappa shape index (κ1) is 13.6. The molecule has 0 spiro atoms. The molecule has 0 aliphatic heterocycles. The van der Waals surface area contributed by atoms with E-state index < -0.39 is 10.0 Å². The summed E-state index contributed by atoms with van der Waals surface area (Å²) in [7, 11) is -3.42. The first-order valence-electron chi connectivity index (χ1n) is 6.45. The predicted octanol–water partition coefficient (Wildman–Crippen LogP) is 1.33. The van der Waals surface area contributed by atoms with Gasteiger partial charge < -0.3 is 10.7 Å². The Morgan fingerprint density at radius 1 is 1.56 bits per heavy atom. The lowest BCUT2D eigenvalue weighted by molar-refractivity contribution is 0.495. The largest absolute Gasteiger partial charge is 0.363 e. The molecular formula is C12H21N3O2S.